The van der Waals surface area contributed by atoms with Gasteiger partial charge < -0.3 is 9.84 Å². The van der Waals surface area contributed by atoms with Crippen LogP contribution in [-0.2, 0) is 12.0 Å². The lowest BCUT2D eigenvalue weighted by Crippen LogP contribution is -2.11. The van der Waals surface area contributed by atoms with Crippen LogP contribution >= 0.6 is 11.3 Å². The number of para-hydroxylation sites is 1. The van der Waals surface area contributed by atoms with Gasteiger partial charge in [0.1, 0.15) is 22.9 Å². The van der Waals surface area contributed by atoms with Gasteiger partial charge in [-0.25, -0.2) is 9.78 Å². The summed E-state index contributed by atoms with van der Waals surface area (Å²) in [6.45, 7) is 6.59. The van der Waals surface area contributed by atoms with E-state index in [1.54, 1.807) is 18.2 Å². The van der Waals surface area contributed by atoms with Crippen molar-refractivity contribution in [3.05, 3.63) is 45.9 Å². The molecule has 2 aromatic rings. The molecule has 0 atom stereocenters. The molecule has 1 N–H and O–H groups in total. The Balaban J connectivity index is 2.10. The van der Waals surface area contributed by atoms with E-state index in [0.717, 1.165) is 10.7 Å². The minimum atomic E-state index is -0.991. The van der Waals surface area contributed by atoms with Gasteiger partial charge in [-0.15, -0.1) is 11.3 Å². The molecule has 0 fully saturated rings. The number of carboxylic acids is 1. The Bertz CT molecular complexity index is 614. The SMILES string of the molecule is CC(C)(C)c1csc(COc2ccccc2C(=O)O)n1. The van der Waals surface area contributed by atoms with Crippen molar-refractivity contribution in [2.45, 2.75) is 32.8 Å². The second-order valence-electron chi connectivity index (χ2n) is 5.47. The molecule has 0 aliphatic rings. The summed E-state index contributed by atoms with van der Waals surface area (Å²) in [6.07, 6.45) is 0. The summed E-state index contributed by atoms with van der Waals surface area (Å²) >= 11 is 1.53. The number of carboxylic acid groups (broad SMARTS) is 1. The van der Waals surface area contributed by atoms with E-state index in [4.69, 9.17) is 9.84 Å². The lowest BCUT2D eigenvalue weighted by Gasteiger charge is -2.14. The first-order valence-electron chi connectivity index (χ1n) is 6.28. The lowest BCUT2D eigenvalue weighted by molar-refractivity contribution is 0.0691. The van der Waals surface area contributed by atoms with Crippen LogP contribution in [0.5, 0.6) is 5.75 Å². The molecule has 5 heteroatoms. The number of nitrogens with zero attached hydrogens (tertiary/aromatic N) is 1. The first kappa shape index (κ1) is 14.5. The molecule has 0 saturated carbocycles. The summed E-state index contributed by atoms with van der Waals surface area (Å²) in [5.74, 6) is -0.623. The highest BCUT2D eigenvalue weighted by molar-refractivity contribution is 7.09. The van der Waals surface area contributed by atoms with Crippen molar-refractivity contribution in [3.8, 4) is 5.75 Å². The van der Waals surface area contributed by atoms with Gasteiger partial charge in [-0.05, 0) is 12.1 Å². The van der Waals surface area contributed by atoms with E-state index in [0.29, 0.717) is 5.75 Å². The Hall–Kier alpha value is -1.88. The molecule has 0 saturated heterocycles. The predicted molar refractivity (Wildman–Crippen MR) is 78.5 cm³/mol. The van der Waals surface area contributed by atoms with E-state index in [2.05, 4.69) is 25.8 Å². The predicted octanol–water partition coefficient (Wildman–Crippen LogP) is 3.72. The van der Waals surface area contributed by atoms with Crippen molar-refractivity contribution in [2.75, 3.05) is 0 Å². The molecule has 20 heavy (non-hydrogen) atoms. The van der Waals surface area contributed by atoms with Gasteiger partial charge in [-0.2, -0.15) is 0 Å². The summed E-state index contributed by atoms with van der Waals surface area (Å²) in [5, 5.41) is 11.9. The van der Waals surface area contributed by atoms with Crippen molar-refractivity contribution in [1.29, 1.82) is 0 Å². The molecule has 0 radical (unpaired) electrons. The fourth-order valence-corrected chi connectivity index (χ4v) is 2.56. The monoisotopic (exact) mass is 291 g/mol. The zero-order chi connectivity index (χ0) is 14.8. The first-order valence-corrected chi connectivity index (χ1v) is 7.16. The average Bonchev–Trinajstić information content (AvgIpc) is 2.85. The fourth-order valence-electron chi connectivity index (χ4n) is 1.63. The van der Waals surface area contributed by atoms with Crippen molar-refractivity contribution in [3.63, 3.8) is 0 Å². The van der Waals surface area contributed by atoms with E-state index in [1.807, 2.05) is 5.38 Å². The van der Waals surface area contributed by atoms with E-state index in [9.17, 15) is 4.79 Å². The topological polar surface area (TPSA) is 59.4 Å². The Kier molecular flexibility index (Phi) is 4.09. The number of rotatable bonds is 4. The lowest BCUT2D eigenvalue weighted by atomic mass is 9.93. The summed E-state index contributed by atoms with van der Waals surface area (Å²) in [7, 11) is 0. The molecular formula is C15H17NO3S. The third kappa shape index (κ3) is 3.36. The van der Waals surface area contributed by atoms with Gasteiger partial charge in [0.05, 0.1) is 5.69 Å². The molecule has 1 aromatic heterocycles. The van der Waals surface area contributed by atoms with Crippen LogP contribution in [0.25, 0.3) is 0 Å². The summed E-state index contributed by atoms with van der Waals surface area (Å²) in [4.78, 5) is 15.6. The third-order valence-electron chi connectivity index (χ3n) is 2.79. The maximum Gasteiger partial charge on any atom is 0.339 e. The van der Waals surface area contributed by atoms with Crippen molar-refractivity contribution in [1.82, 2.24) is 4.98 Å². The molecular weight excluding hydrogens is 274 g/mol. The number of thiazole rings is 1. The van der Waals surface area contributed by atoms with Crippen LogP contribution in [0.1, 0.15) is 41.8 Å². The van der Waals surface area contributed by atoms with Crippen LogP contribution in [0.2, 0.25) is 0 Å². The molecule has 106 valence electrons. The molecule has 1 aromatic carbocycles. The summed E-state index contributed by atoms with van der Waals surface area (Å²) in [5.41, 5.74) is 1.20. The number of aromatic nitrogens is 1. The third-order valence-corrected chi connectivity index (χ3v) is 3.61. The van der Waals surface area contributed by atoms with Gasteiger partial charge in [0.15, 0.2) is 0 Å². The van der Waals surface area contributed by atoms with E-state index < -0.39 is 5.97 Å². The average molecular weight is 291 g/mol. The van der Waals surface area contributed by atoms with E-state index in [1.165, 1.54) is 17.4 Å². The normalized spacial score (nSPS) is 11.3. The number of hydrogen-bond donors (Lipinski definition) is 1. The molecule has 0 amide bonds. The maximum atomic E-state index is 11.1. The van der Waals surface area contributed by atoms with Crippen molar-refractivity contribution < 1.29 is 14.6 Å². The van der Waals surface area contributed by atoms with Gasteiger partial charge in [-0.1, -0.05) is 32.9 Å². The minimum Gasteiger partial charge on any atom is -0.486 e. The Morgan fingerprint density at radius 3 is 2.65 bits per heavy atom. The van der Waals surface area contributed by atoms with Crippen LogP contribution in [0.3, 0.4) is 0 Å². The van der Waals surface area contributed by atoms with Gasteiger partial charge in [0, 0.05) is 10.8 Å². The first-order chi connectivity index (χ1) is 9.38. The molecule has 2 rings (SSSR count). The quantitative estimate of drug-likeness (QED) is 0.932. The van der Waals surface area contributed by atoms with Crippen LogP contribution in [0.15, 0.2) is 29.6 Å². The summed E-state index contributed by atoms with van der Waals surface area (Å²) < 4.78 is 5.58. The van der Waals surface area contributed by atoms with Gasteiger partial charge >= 0.3 is 5.97 Å². The van der Waals surface area contributed by atoms with Crippen LogP contribution < -0.4 is 4.74 Å². The number of aromatic carboxylic acids is 1. The molecule has 0 unspecified atom stereocenters. The number of benzene rings is 1. The number of carbonyl (C=O) groups is 1. The van der Waals surface area contributed by atoms with Crippen LogP contribution in [0.4, 0.5) is 0 Å². The summed E-state index contributed by atoms with van der Waals surface area (Å²) in [6, 6.07) is 6.61. The number of ether oxygens (including phenoxy) is 1. The van der Waals surface area contributed by atoms with Gasteiger partial charge in [0.25, 0.3) is 0 Å². The van der Waals surface area contributed by atoms with Gasteiger partial charge in [-0.3, -0.25) is 0 Å². The van der Waals surface area contributed by atoms with E-state index in [-0.39, 0.29) is 17.6 Å². The van der Waals surface area contributed by atoms with Gasteiger partial charge in [0.2, 0.25) is 0 Å². The zero-order valence-corrected chi connectivity index (χ0v) is 12.5. The Morgan fingerprint density at radius 1 is 1.35 bits per heavy atom. The highest BCUT2D eigenvalue weighted by Crippen LogP contribution is 2.25. The largest absolute Gasteiger partial charge is 0.486 e. The smallest absolute Gasteiger partial charge is 0.339 e. The number of hydrogen-bond acceptors (Lipinski definition) is 4. The fraction of sp³-hybridized carbons (Fsp3) is 0.333. The van der Waals surface area contributed by atoms with Crippen molar-refractivity contribution in [2.24, 2.45) is 0 Å². The molecule has 0 bridgehead atoms. The molecule has 1 heterocycles. The second kappa shape index (κ2) is 5.63. The van der Waals surface area contributed by atoms with Crippen molar-refractivity contribution >= 4 is 17.3 Å². The molecule has 0 aliphatic heterocycles. The Labute approximate surface area is 122 Å². The minimum absolute atomic E-state index is 0.00766. The molecule has 4 nitrogen and oxygen atoms in total. The standard InChI is InChI=1S/C15H17NO3S/c1-15(2,3)12-9-20-13(16-12)8-19-11-7-5-4-6-10(11)14(17)18/h4-7,9H,8H2,1-3H3,(H,17,18). The second-order valence-corrected chi connectivity index (χ2v) is 6.41. The van der Waals surface area contributed by atoms with E-state index >= 15 is 0 Å². The van der Waals surface area contributed by atoms with Crippen LogP contribution in [-0.4, -0.2) is 16.1 Å². The molecule has 0 spiro atoms. The maximum absolute atomic E-state index is 11.1. The zero-order valence-electron chi connectivity index (χ0n) is 11.7. The molecule has 0 aliphatic carbocycles. The highest BCUT2D eigenvalue weighted by atomic mass is 32.1. The highest BCUT2D eigenvalue weighted by Gasteiger charge is 2.18. The van der Waals surface area contributed by atoms with Crippen LogP contribution in [0, 0.1) is 0 Å². The Morgan fingerprint density at radius 2 is 2.05 bits per heavy atom.